The van der Waals surface area contributed by atoms with Crippen molar-refractivity contribution in [3.63, 3.8) is 0 Å². The highest BCUT2D eigenvalue weighted by atomic mass is 35.5. The summed E-state index contributed by atoms with van der Waals surface area (Å²) in [7, 11) is 0. The number of para-hydroxylation sites is 1. The van der Waals surface area contributed by atoms with Crippen LogP contribution in [0, 0.1) is 16.0 Å². The summed E-state index contributed by atoms with van der Waals surface area (Å²) in [4.78, 5) is 23.7. The van der Waals surface area contributed by atoms with Crippen molar-refractivity contribution in [2.75, 3.05) is 5.32 Å². The number of nitro benzene ring substituents is 1. The highest BCUT2D eigenvalue weighted by Crippen LogP contribution is 2.56. The molecule has 0 amide bonds. The predicted octanol–water partition coefficient (Wildman–Crippen LogP) is 5.50. The summed E-state index contributed by atoms with van der Waals surface area (Å²) < 4.78 is 0. The SMILES string of the molecule is O=C(O)[C@@H]1Nc2ccc3ccccc3c2[C@@H]2[C@H](Cl)[C@H](Sc3ccccc3[N+](=O)[O-])C[C@@H]21. The number of carbonyl (C=O) groups is 1. The fraction of sp³-hybridized carbons (Fsp3) is 0.261. The summed E-state index contributed by atoms with van der Waals surface area (Å²) in [5.74, 6) is -1.28. The van der Waals surface area contributed by atoms with Gasteiger partial charge in [0, 0.05) is 22.9 Å². The van der Waals surface area contributed by atoms with Gasteiger partial charge in [0.15, 0.2) is 0 Å². The molecule has 6 nitrogen and oxygen atoms in total. The zero-order chi connectivity index (χ0) is 21.7. The molecule has 0 radical (unpaired) electrons. The van der Waals surface area contributed by atoms with Crippen LogP contribution in [0.4, 0.5) is 11.4 Å². The third-order valence-corrected chi connectivity index (χ3v) is 8.43. The van der Waals surface area contributed by atoms with E-state index in [-0.39, 0.29) is 28.2 Å². The van der Waals surface area contributed by atoms with Gasteiger partial charge in [-0.3, -0.25) is 10.1 Å². The maximum Gasteiger partial charge on any atom is 0.326 e. The van der Waals surface area contributed by atoms with Crippen LogP contribution in [0.3, 0.4) is 0 Å². The minimum atomic E-state index is -0.908. The number of halogens is 1. The normalized spacial score (nSPS) is 26.7. The van der Waals surface area contributed by atoms with Crippen LogP contribution in [-0.4, -0.2) is 32.7 Å². The van der Waals surface area contributed by atoms with Gasteiger partial charge in [-0.05, 0) is 40.8 Å². The lowest BCUT2D eigenvalue weighted by molar-refractivity contribution is -0.387. The summed E-state index contributed by atoms with van der Waals surface area (Å²) in [6, 6.07) is 17.8. The molecule has 158 valence electrons. The summed E-state index contributed by atoms with van der Waals surface area (Å²) in [6.07, 6.45) is 0.558. The average Bonchev–Trinajstić information content (AvgIpc) is 3.09. The molecule has 31 heavy (non-hydrogen) atoms. The second-order valence-corrected chi connectivity index (χ2v) is 9.74. The number of carboxylic acid groups (broad SMARTS) is 1. The van der Waals surface area contributed by atoms with Gasteiger partial charge in [-0.25, -0.2) is 4.79 Å². The van der Waals surface area contributed by atoms with Crippen molar-refractivity contribution in [1.29, 1.82) is 0 Å². The van der Waals surface area contributed by atoms with Crippen LogP contribution >= 0.6 is 23.4 Å². The monoisotopic (exact) mass is 454 g/mol. The molecule has 3 aromatic carbocycles. The number of benzene rings is 3. The topological polar surface area (TPSA) is 92.5 Å². The van der Waals surface area contributed by atoms with Gasteiger partial charge in [0.1, 0.15) is 6.04 Å². The number of fused-ring (bicyclic) bond motifs is 5. The standard InChI is InChI=1S/C23H19ClN2O4S/c24-21-18(31-17-8-4-3-7-16(17)26(29)30)11-14-20(21)19-13-6-2-1-5-12(13)9-10-15(19)25-22(14)23(27)28/h1-10,14,18,20-22,25H,11H2,(H,27,28)/t14-,18+,20+,21+,22+/m0/s1. The molecular formula is C23H19ClN2O4S. The van der Waals surface area contributed by atoms with Gasteiger partial charge >= 0.3 is 5.97 Å². The molecule has 0 bridgehead atoms. The first-order valence-corrected chi connectivity index (χ1v) is 11.3. The number of alkyl halides is 1. The van der Waals surface area contributed by atoms with Crippen LogP contribution in [0.2, 0.25) is 0 Å². The first-order valence-electron chi connectivity index (χ1n) is 10.0. The number of hydrogen-bond donors (Lipinski definition) is 2. The number of rotatable bonds is 4. The average molecular weight is 455 g/mol. The number of aliphatic carboxylic acids is 1. The van der Waals surface area contributed by atoms with Crippen molar-refractivity contribution < 1.29 is 14.8 Å². The van der Waals surface area contributed by atoms with Crippen molar-refractivity contribution in [3.8, 4) is 0 Å². The van der Waals surface area contributed by atoms with Gasteiger partial charge in [0.2, 0.25) is 0 Å². The maximum atomic E-state index is 12.1. The fourth-order valence-electron chi connectivity index (χ4n) is 5.01. The molecule has 5 rings (SSSR count). The predicted molar refractivity (Wildman–Crippen MR) is 122 cm³/mol. The molecule has 2 aliphatic rings. The Hall–Kier alpha value is -2.77. The third kappa shape index (κ3) is 3.32. The summed E-state index contributed by atoms with van der Waals surface area (Å²) in [5.41, 5.74) is 1.89. The van der Waals surface area contributed by atoms with Crippen molar-refractivity contribution >= 4 is 51.5 Å². The number of nitrogens with zero attached hydrogens (tertiary/aromatic N) is 1. The zero-order valence-electron chi connectivity index (χ0n) is 16.3. The molecule has 0 saturated heterocycles. The second-order valence-electron chi connectivity index (χ2n) is 7.96. The van der Waals surface area contributed by atoms with E-state index in [1.54, 1.807) is 18.2 Å². The first kappa shape index (κ1) is 20.2. The van der Waals surface area contributed by atoms with E-state index in [0.717, 1.165) is 22.0 Å². The number of hydrogen-bond acceptors (Lipinski definition) is 5. The smallest absolute Gasteiger partial charge is 0.326 e. The number of anilines is 1. The number of nitrogens with one attached hydrogen (secondary N) is 1. The highest BCUT2D eigenvalue weighted by Gasteiger charge is 2.52. The van der Waals surface area contributed by atoms with E-state index >= 15 is 0 Å². The highest BCUT2D eigenvalue weighted by molar-refractivity contribution is 8.00. The summed E-state index contributed by atoms with van der Waals surface area (Å²) in [5, 5.41) is 26.2. The van der Waals surface area contributed by atoms with E-state index in [9.17, 15) is 20.0 Å². The molecule has 1 saturated carbocycles. The first-order chi connectivity index (χ1) is 15.0. The zero-order valence-corrected chi connectivity index (χ0v) is 17.8. The minimum absolute atomic E-state index is 0.0463. The largest absolute Gasteiger partial charge is 0.480 e. The van der Waals surface area contributed by atoms with Gasteiger partial charge in [-0.1, -0.05) is 42.5 Å². The van der Waals surface area contributed by atoms with Gasteiger partial charge < -0.3 is 10.4 Å². The molecule has 0 spiro atoms. The van der Waals surface area contributed by atoms with Crippen LogP contribution in [0.25, 0.3) is 10.8 Å². The Labute approximate surface area is 187 Å². The fourth-order valence-corrected chi connectivity index (χ4v) is 6.95. The lowest BCUT2D eigenvalue weighted by atomic mass is 9.77. The molecule has 1 aliphatic heterocycles. The molecule has 1 heterocycles. The molecule has 5 atom stereocenters. The number of thioether (sulfide) groups is 1. The molecule has 8 heteroatoms. The van der Waals surface area contributed by atoms with E-state index in [1.807, 2.05) is 36.4 Å². The van der Waals surface area contributed by atoms with E-state index in [2.05, 4.69) is 5.32 Å². The Morgan fingerprint density at radius 1 is 1.13 bits per heavy atom. The van der Waals surface area contributed by atoms with Crippen LogP contribution in [0.15, 0.2) is 65.6 Å². The van der Waals surface area contributed by atoms with E-state index in [4.69, 9.17) is 11.6 Å². The maximum absolute atomic E-state index is 12.1. The summed E-state index contributed by atoms with van der Waals surface area (Å²) >= 11 is 8.40. The Morgan fingerprint density at radius 2 is 1.87 bits per heavy atom. The Morgan fingerprint density at radius 3 is 2.65 bits per heavy atom. The molecule has 0 aromatic heterocycles. The van der Waals surface area contributed by atoms with Gasteiger partial charge in [-0.2, -0.15) is 0 Å². The number of nitro groups is 1. The van der Waals surface area contributed by atoms with Gasteiger partial charge in [0.05, 0.1) is 15.2 Å². The van der Waals surface area contributed by atoms with E-state index in [0.29, 0.717) is 11.3 Å². The number of carboxylic acids is 1. The quantitative estimate of drug-likeness (QED) is 0.307. The van der Waals surface area contributed by atoms with E-state index in [1.165, 1.54) is 17.8 Å². The summed E-state index contributed by atoms with van der Waals surface area (Å²) in [6.45, 7) is 0. The molecule has 1 aliphatic carbocycles. The molecule has 2 N–H and O–H groups in total. The molecule has 0 unspecified atom stereocenters. The van der Waals surface area contributed by atoms with Crippen molar-refractivity contribution in [1.82, 2.24) is 0 Å². The van der Waals surface area contributed by atoms with Crippen molar-refractivity contribution in [3.05, 3.63) is 76.3 Å². The van der Waals surface area contributed by atoms with Gasteiger partial charge in [0.25, 0.3) is 5.69 Å². The Bertz CT molecular complexity index is 1200. The molecule has 1 fully saturated rings. The lowest BCUT2D eigenvalue weighted by Gasteiger charge is -2.36. The molecular weight excluding hydrogens is 436 g/mol. The Kier molecular flexibility index (Phi) is 5.02. The van der Waals surface area contributed by atoms with Crippen molar-refractivity contribution in [2.24, 2.45) is 5.92 Å². The van der Waals surface area contributed by atoms with Crippen molar-refractivity contribution in [2.45, 2.75) is 33.9 Å². The lowest BCUT2D eigenvalue weighted by Crippen LogP contribution is -2.42. The van der Waals surface area contributed by atoms with E-state index < -0.39 is 16.9 Å². The Balaban J connectivity index is 1.58. The second kappa shape index (κ2) is 7.73. The van der Waals surface area contributed by atoms with Gasteiger partial charge in [-0.15, -0.1) is 23.4 Å². The van der Waals surface area contributed by atoms with Crippen LogP contribution in [-0.2, 0) is 4.79 Å². The van der Waals surface area contributed by atoms with Crippen LogP contribution in [0.1, 0.15) is 17.9 Å². The van der Waals surface area contributed by atoms with Crippen LogP contribution < -0.4 is 5.32 Å². The third-order valence-electron chi connectivity index (χ3n) is 6.31. The minimum Gasteiger partial charge on any atom is -0.480 e. The van der Waals surface area contributed by atoms with Crippen LogP contribution in [0.5, 0.6) is 0 Å². The molecule has 3 aromatic rings.